The molecule has 0 radical (unpaired) electrons. The van der Waals surface area contributed by atoms with Gasteiger partial charge in [-0.1, -0.05) is 68.0 Å². The van der Waals surface area contributed by atoms with Crippen molar-refractivity contribution in [1.29, 1.82) is 0 Å². The van der Waals surface area contributed by atoms with Crippen LogP contribution in [0.5, 0.6) is 5.75 Å². The summed E-state index contributed by atoms with van der Waals surface area (Å²) in [6, 6.07) is 14.7. The van der Waals surface area contributed by atoms with Crippen molar-refractivity contribution in [3.05, 3.63) is 88.7 Å². The molecule has 0 bridgehead atoms. The smallest absolute Gasteiger partial charge is 0.166 e. The number of hydrogen-bond acceptors (Lipinski definition) is 2. The van der Waals surface area contributed by atoms with Gasteiger partial charge in [0.25, 0.3) is 0 Å². The van der Waals surface area contributed by atoms with E-state index in [0.29, 0.717) is 11.1 Å². The fourth-order valence-electron chi connectivity index (χ4n) is 5.03. The highest BCUT2D eigenvalue weighted by Crippen LogP contribution is 2.39. The van der Waals surface area contributed by atoms with Gasteiger partial charge < -0.3 is 10.2 Å². The van der Waals surface area contributed by atoms with E-state index in [-0.39, 0.29) is 23.5 Å². The van der Waals surface area contributed by atoms with E-state index in [1.54, 1.807) is 42.5 Å². The molecule has 0 aliphatic heterocycles. The molecule has 5 heteroatoms. The molecule has 1 saturated carbocycles. The Bertz CT molecular complexity index is 1180. The summed E-state index contributed by atoms with van der Waals surface area (Å²) in [5.41, 5.74) is 2.81. The van der Waals surface area contributed by atoms with Crippen LogP contribution in [0.25, 0.3) is 23.3 Å². The Morgan fingerprint density at radius 1 is 0.857 bits per heavy atom. The maximum Gasteiger partial charge on any atom is 0.166 e. The van der Waals surface area contributed by atoms with Crippen LogP contribution in [0.1, 0.15) is 68.1 Å². The minimum absolute atomic E-state index is 0.0233. The van der Waals surface area contributed by atoms with E-state index < -0.39 is 23.2 Å². The highest BCUT2D eigenvalue weighted by atomic mass is 19.2. The first-order chi connectivity index (χ1) is 16.9. The third kappa shape index (κ3) is 5.79. The lowest BCUT2D eigenvalue weighted by Gasteiger charge is -2.32. The van der Waals surface area contributed by atoms with E-state index in [1.807, 2.05) is 12.1 Å². The lowest BCUT2D eigenvalue weighted by Crippen LogP contribution is -2.25. The van der Waals surface area contributed by atoms with Gasteiger partial charge >= 0.3 is 0 Å². The summed E-state index contributed by atoms with van der Waals surface area (Å²) in [5, 5.41) is 19.6. The van der Waals surface area contributed by atoms with E-state index in [4.69, 9.17) is 0 Å². The van der Waals surface area contributed by atoms with Crippen LogP contribution in [0, 0.1) is 23.4 Å². The minimum Gasteiger partial charge on any atom is -0.505 e. The van der Waals surface area contributed by atoms with Crippen molar-refractivity contribution in [2.75, 3.05) is 0 Å². The molecule has 1 unspecified atom stereocenters. The molecule has 184 valence electrons. The predicted molar refractivity (Wildman–Crippen MR) is 134 cm³/mol. The van der Waals surface area contributed by atoms with E-state index in [1.165, 1.54) is 12.1 Å². The molecule has 1 fully saturated rings. The van der Waals surface area contributed by atoms with Crippen LogP contribution in [-0.2, 0) is 0 Å². The molecule has 1 aliphatic rings. The molecule has 2 N–H and O–H groups in total. The second-order valence-electron chi connectivity index (χ2n) is 9.46. The van der Waals surface area contributed by atoms with Gasteiger partial charge in [-0.2, -0.15) is 0 Å². The summed E-state index contributed by atoms with van der Waals surface area (Å²) in [5.74, 6) is -2.48. The Hall–Kier alpha value is -3.05. The van der Waals surface area contributed by atoms with Crippen molar-refractivity contribution in [3.63, 3.8) is 0 Å². The number of hydrogen-bond donors (Lipinski definition) is 2. The zero-order chi connectivity index (χ0) is 24.9. The van der Waals surface area contributed by atoms with Gasteiger partial charge in [-0.05, 0) is 78.3 Å². The quantitative estimate of drug-likeness (QED) is 0.336. The lowest BCUT2D eigenvalue weighted by atomic mass is 9.76. The van der Waals surface area contributed by atoms with Gasteiger partial charge in [-0.3, -0.25) is 0 Å². The standard InChI is InChI=1S/C30H31F3O2/c1-2-3-27(34)22-12-10-21(11-13-22)25-16-14-23(29(32)30(25)33)9-6-19-4-7-20(8-5-19)24-15-17-28(35)26(31)18-24/h4-9,14-18,21-22,27,34-35H,2-3,10-13H2,1H3/b9-6+. The third-order valence-electron chi connectivity index (χ3n) is 7.13. The Balaban J connectivity index is 1.43. The first-order valence-electron chi connectivity index (χ1n) is 12.3. The molecule has 0 aromatic heterocycles. The zero-order valence-electron chi connectivity index (χ0n) is 19.9. The van der Waals surface area contributed by atoms with Crippen molar-refractivity contribution >= 4 is 12.2 Å². The summed E-state index contributed by atoms with van der Waals surface area (Å²) >= 11 is 0. The third-order valence-corrected chi connectivity index (χ3v) is 7.13. The Morgan fingerprint density at radius 2 is 1.54 bits per heavy atom. The van der Waals surface area contributed by atoms with E-state index in [0.717, 1.165) is 49.7 Å². The number of phenols is 1. The molecule has 1 atom stereocenters. The van der Waals surface area contributed by atoms with Gasteiger partial charge in [0.05, 0.1) is 6.10 Å². The zero-order valence-corrected chi connectivity index (χ0v) is 19.9. The number of rotatable bonds is 7. The maximum absolute atomic E-state index is 14.9. The molecule has 0 amide bonds. The first-order valence-corrected chi connectivity index (χ1v) is 12.3. The Labute approximate surface area is 204 Å². The average molecular weight is 481 g/mol. The highest BCUT2D eigenvalue weighted by Gasteiger charge is 2.29. The van der Waals surface area contributed by atoms with Gasteiger partial charge in [-0.15, -0.1) is 0 Å². The van der Waals surface area contributed by atoms with E-state index >= 15 is 0 Å². The number of halogens is 3. The number of aliphatic hydroxyl groups is 1. The first kappa shape index (κ1) is 25.1. The Morgan fingerprint density at radius 3 is 2.20 bits per heavy atom. The minimum atomic E-state index is -0.844. The fraction of sp³-hybridized carbons (Fsp3) is 0.333. The normalized spacial score (nSPS) is 19.2. The molecule has 0 saturated heterocycles. The largest absolute Gasteiger partial charge is 0.505 e. The van der Waals surface area contributed by atoms with Crippen molar-refractivity contribution in [2.24, 2.45) is 5.92 Å². The molecule has 35 heavy (non-hydrogen) atoms. The number of phenolic OH excluding ortho intramolecular Hbond substituents is 1. The monoisotopic (exact) mass is 480 g/mol. The average Bonchev–Trinajstić information content (AvgIpc) is 2.87. The van der Waals surface area contributed by atoms with E-state index in [9.17, 15) is 23.4 Å². The van der Waals surface area contributed by atoms with Gasteiger partial charge in [-0.25, -0.2) is 13.2 Å². The topological polar surface area (TPSA) is 40.5 Å². The number of aliphatic hydroxyl groups excluding tert-OH is 1. The Kier molecular flexibility index (Phi) is 7.97. The van der Waals surface area contributed by atoms with Crippen molar-refractivity contribution in [2.45, 2.75) is 57.5 Å². The van der Waals surface area contributed by atoms with Gasteiger partial charge in [0.15, 0.2) is 23.2 Å². The van der Waals surface area contributed by atoms with Gasteiger partial charge in [0.1, 0.15) is 0 Å². The van der Waals surface area contributed by atoms with Crippen LogP contribution < -0.4 is 0 Å². The molecule has 0 spiro atoms. The molecule has 3 aromatic carbocycles. The summed E-state index contributed by atoms with van der Waals surface area (Å²) < 4.78 is 43.4. The van der Waals surface area contributed by atoms with E-state index in [2.05, 4.69) is 6.92 Å². The number of benzene rings is 3. The van der Waals surface area contributed by atoms with Crippen LogP contribution >= 0.6 is 0 Å². The molecule has 3 aromatic rings. The molecule has 2 nitrogen and oxygen atoms in total. The van der Waals surface area contributed by atoms with Crippen molar-refractivity contribution < 1.29 is 23.4 Å². The lowest BCUT2D eigenvalue weighted by molar-refractivity contribution is 0.0727. The van der Waals surface area contributed by atoms with Crippen LogP contribution in [0.4, 0.5) is 13.2 Å². The summed E-state index contributed by atoms with van der Waals surface area (Å²) in [6.07, 6.45) is 7.88. The number of aromatic hydroxyl groups is 1. The predicted octanol–water partition coefficient (Wildman–Crippen LogP) is 8.08. The van der Waals surface area contributed by atoms with Crippen molar-refractivity contribution in [1.82, 2.24) is 0 Å². The molecular formula is C30H31F3O2. The van der Waals surface area contributed by atoms with Crippen LogP contribution in [0.3, 0.4) is 0 Å². The highest BCUT2D eigenvalue weighted by molar-refractivity contribution is 5.72. The molecule has 1 aliphatic carbocycles. The molecule has 4 rings (SSSR count). The summed E-state index contributed by atoms with van der Waals surface area (Å²) in [6.45, 7) is 2.05. The summed E-state index contributed by atoms with van der Waals surface area (Å²) in [4.78, 5) is 0. The maximum atomic E-state index is 14.9. The molecule has 0 heterocycles. The molecular weight excluding hydrogens is 449 g/mol. The van der Waals surface area contributed by atoms with Gasteiger partial charge in [0.2, 0.25) is 0 Å². The van der Waals surface area contributed by atoms with Crippen molar-refractivity contribution in [3.8, 4) is 16.9 Å². The van der Waals surface area contributed by atoms with Crippen LogP contribution in [0.2, 0.25) is 0 Å². The SMILES string of the molecule is CCCC(O)C1CCC(c2ccc(/C=C/c3ccc(-c4ccc(O)c(F)c4)cc3)c(F)c2F)CC1. The second-order valence-corrected chi connectivity index (χ2v) is 9.46. The van der Waals surface area contributed by atoms with Crippen LogP contribution in [0.15, 0.2) is 54.6 Å². The van der Waals surface area contributed by atoms with Crippen LogP contribution in [-0.4, -0.2) is 16.3 Å². The fourth-order valence-corrected chi connectivity index (χ4v) is 5.03. The van der Waals surface area contributed by atoms with Gasteiger partial charge in [0, 0.05) is 5.56 Å². The second kappa shape index (κ2) is 11.1. The summed E-state index contributed by atoms with van der Waals surface area (Å²) in [7, 11) is 0.